The molecule has 2 aromatic heterocycles. The molecule has 0 aliphatic carbocycles. The molecule has 0 spiro atoms. The maximum Gasteiger partial charge on any atom is 0.273 e. The number of rotatable bonds is 2. The van der Waals surface area contributed by atoms with Crippen molar-refractivity contribution in [2.75, 3.05) is 0 Å². The number of amides is 1. The van der Waals surface area contributed by atoms with Crippen LogP contribution in [0, 0.1) is 0 Å². The quantitative estimate of drug-likeness (QED) is 0.315. The van der Waals surface area contributed by atoms with Crippen LogP contribution < -0.4 is 11.3 Å². The van der Waals surface area contributed by atoms with Gasteiger partial charge in [0, 0.05) is 6.20 Å². The third-order valence-electron chi connectivity index (χ3n) is 2.10. The fourth-order valence-corrected chi connectivity index (χ4v) is 1.55. The second-order valence-electron chi connectivity index (χ2n) is 3.23. The van der Waals surface area contributed by atoms with Crippen LogP contribution in [0.15, 0.2) is 24.4 Å². The average molecular weight is 266 g/mol. The molecule has 0 bridgehead atoms. The van der Waals surface area contributed by atoms with Crippen LogP contribution in [0.4, 0.5) is 0 Å². The molecule has 2 aromatic rings. The van der Waals surface area contributed by atoms with Gasteiger partial charge in [0.25, 0.3) is 5.91 Å². The monoisotopic (exact) mass is 265 g/mol. The van der Waals surface area contributed by atoms with E-state index in [9.17, 15) is 9.90 Å². The molecule has 0 saturated carbocycles. The number of aromatic hydroxyl groups is 1. The first kappa shape index (κ1) is 12.2. The number of halogens is 1. The van der Waals surface area contributed by atoms with Crippen LogP contribution in [0.2, 0.25) is 5.15 Å². The average Bonchev–Trinajstić information content (AvgIpc) is 2.38. The minimum absolute atomic E-state index is 0.117. The van der Waals surface area contributed by atoms with Crippen molar-refractivity contribution in [3.8, 4) is 17.4 Å². The number of carbonyl (C=O) groups is 1. The molecule has 4 N–H and O–H groups in total. The molecule has 8 heteroatoms. The lowest BCUT2D eigenvalue weighted by molar-refractivity contribution is 0.0950. The van der Waals surface area contributed by atoms with E-state index in [4.69, 9.17) is 17.4 Å². The zero-order valence-electron chi connectivity index (χ0n) is 8.96. The van der Waals surface area contributed by atoms with Gasteiger partial charge in [0.2, 0.25) is 5.88 Å². The van der Waals surface area contributed by atoms with E-state index >= 15 is 0 Å². The number of nitrogen functional groups attached to an aromatic ring is 1. The van der Waals surface area contributed by atoms with Crippen molar-refractivity contribution < 1.29 is 9.90 Å². The van der Waals surface area contributed by atoms with E-state index in [0.29, 0.717) is 5.69 Å². The van der Waals surface area contributed by atoms with Gasteiger partial charge in [0.1, 0.15) is 16.4 Å². The zero-order valence-corrected chi connectivity index (χ0v) is 9.72. The Kier molecular flexibility index (Phi) is 3.35. The largest absolute Gasteiger partial charge is 0.493 e. The van der Waals surface area contributed by atoms with Crippen LogP contribution >= 0.6 is 11.6 Å². The molecule has 0 aromatic carbocycles. The van der Waals surface area contributed by atoms with Crippen molar-refractivity contribution in [2.45, 2.75) is 0 Å². The highest BCUT2D eigenvalue weighted by molar-refractivity contribution is 6.33. The molecule has 18 heavy (non-hydrogen) atoms. The molecular formula is C10H8ClN5O2. The third kappa shape index (κ3) is 2.22. The molecule has 2 rings (SSSR count). The topological polar surface area (TPSA) is 114 Å². The summed E-state index contributed by atoms with van der Waals surface area (Å²) in [4.78, 5) is 23.0. The fourth-order valence-electron chi connectivity index (χ4n) is 1.30. The summed E-state index contributed by atoms with van der Waals surface area (Å²) >= 11 is 5.80. The Labute approximate surface area is 107 Å². The second-order valence-corrected chi connectivity index (χ2v) is 3.58. The van der Waals surface area contributed by atoms with E-state index in [2.05, 4.69) is 15.0 Å². The van der Waals surface area contributed by atoms with Gasteiger partial charge in [-0.3, -0.25) is 15.2 Å². The molecule has 1 amide bonds. The lowest BCUT2D eigenvalue weighted by Gasteiger charge is -2.06. The summed E-state index contributed by atoms with van der Waals surface area (Å²) in [7, 11) is 0. The molecule has 0 unspecified atom stereocenters. The van der Waals surface area contributed by atoms with Crippen molar-refractivity contribution >= 4 is 17.5 Å². The number of pyridine rings is 1. The molecule has 2 heterocycles. The summed E-state index contributed by atoms with van der Waals surface area (Å²) in [5, 5.41) is 9.45. The Morgan fingerprint density at radius 3 is 2.72 bits per heavy atom. The molecule has 0 aliphatic heterocycles. The standard InChI is InChI=1S/C10H8ClN5O2/c11-7-6(10(18)16-12)9(17)15-8(14-7)5-3-1-2-4-13-5/h1-4H,12H2,(H,16,18)(H,14,15,17). The van der Waals surface area contributed by atoms with Crippen LogP contribution in [-0.2, 0) is 0 Å². The predicted octanol–water partition coefficient (Wildman–Crippen LogP) is 0.501. The van der Waals surface area contributed by atoms with Crippen LogP contribution in [-0.4, -0.2) is 26.0 Å². The summed E-state index contributed by atoms with van der Waals surface area (Å²) in [6.07, 6.45) is 1.55. The number of nitrogens with zero attached hydrogens (tertiary/aromatic N) is 3. The molecule has 0 radical (unpaired) electrons. The Balaban J connectivity index is 2.53. The smallest absolute Gasteiger partial charge is 0.273 e. The van der Waals surface area contributed by atoms with Crippen molar-refractivity contribution in [3.63, 3.8) is 0 Å². The molecule has 0 atom stereocenters. The first-order valence-electron chi connectivity index (χ1n) is 4.82. The van der Waals surface area contributed by atoms with Gasteiger partial charge in [-0.1, -0.05) is 17.7 Å². The van der Waals surface area contributed by atoms with Crippen molar-refractivity contribution in [2.24, 2.45) is 5.84 Å². The second kappa shape index (κ2) is 4.94. The number of nitrogens with one attached hydrogen (secondary N) is 1. The van der Waals surface area contributed by atoms with E-state index in [1.807, 2.05) is 5.43 Å². The Bertz CT molecular complexity index is 567. The van der Waals surface area contributed by atoms with Gasteiger partial charge in [-0.15, -0.1) is 0 Å². The van der Waals surface area contributed by atoms with Crippen LogP contribution in [0.1, 0.15) is 10.4 Å². The van der Waals surface area contributed by atoms with Gasteiger partial charge in [0.05, 0.1) is 0 Å². The number of nitrogens with two attached hydrogens (primary N) is 1. The SMILES string of the molecule is NNC(=O)c1c(O)nc(-c2ccccn2)nc1Cl. The summed E-state index contributed by atoms with van der Waals surface area (Å²) < 4.78 is 0. The summed E-state index contributed by atoms with van der Waals surface area (Å²) in [6.45, 7) is 0. The summed E-state index contributed by atoms with van der Waals surface area (Å²) in [5.74, 6) is 3.74. The van der Waals surface area contributed by atoms with E-state index in [1.165, 1.54) is 0 Å². The van der Waals surface area contributed by atoms with Crippen molar-refractivity contribution in [1.29, 1.82) is 0 Å². The number of hydrogen-bond acceptors (Lipinski definition) is 6. The molecule has 0 fully saturated rings. The Morgan fingerprint density at radius 2 is 2.17 bits per heavy atom. The van der Waals surface area contributed by atoms with Gasteiger partial charge >= 0.3 is 0 Å². The highest BCUT2D eigenvalue weighted by atomic mass is 35.5. The normalized spacial score (nSPS) is 10.1. The van der Waals surface area contributed by atoms with E-state index in [-0.39, 0.29) is 16.5 Å². The lowest BCUT2D eigenvalue weighted by atomic mass is 10.3. The number of aromatic nitrogens is 3. The van der Waals surface area contributed by atoms with E-state index < -0.39 is 11.8 Å². The fraction of sp³-hybridized carbons (Fsp3) is 0. The lowest BCUT2D eigenvalue weighted by Crippen LogP contribution is -2.30. The van der Waals surface area contributed by atoms with Crippen LogP contribution in [0.5, 0.6) is 5.88 Å². The minimum atomic E-state index is -0.773. The van der Waals surface area contributed by atoms with Gasteiger partial charge < -0.3 is 5.11 Å². The van der Waals surface area contributed by atoms with Gasteiger partial charge in [-0.05, 0) is 12.1 Å². The first-order chi connectivity index (χ1) is 8.63. The van der Waals surface area contributed by atoms with Gasteiger partial charge in [-0.2, -0.15) is 4.98 Å². The molecule has 0 saturated heterocycles. The van der Waals surface area contributed by atoms with E-state index in [1.54, 1.807) is 24.4 Å². The van der Waals surface area contributed by atoms with Crippen LogP contribution in [0.25, 0.3) is 11.5 Å². The number of carbonyl (C=O) groups excluding carboxylic acids is 1. The maximum atomic E-state index is 11.3. The minimum Gasteiger partial charge on any atom is -0.493 e. The molecule has 0 aliphatic rings. The molecule has 92 valence electrons. The summed E-state index contributed by atoms with van der Waals surface area (Å²) in [6, 6.07) is 5.10. The highest BCUT2D eigenvalue weighted by Crippen LogP contribution is 2.25. The molecular weight excluding hydrogens is 258 g/mol. The highest BCUT2D eigenvalue weighted by Gasteiger charge is 2.19. The van der Waals surface area contributed by atoms with Crippen molar-refractivity contribution in [1.82, 2.24) is 20.4 Å². The van der Waals surface area contributed by atoms with E-state index in [0.717, 1.165) is 0 Å². The Hall–Kier alpha value is -2.25. The third-order valence-corrected chi connectivity index (χ3v) is 2.37. The van der Waals surface area contributed by atoms with Gasteiger partial charge in [-0.25, -0.2) is 10.8 Å². The Morgan fingerprint density at radius 1 is 1.39 bits per heavy atom. The van der Waals surface area contributed by atoms with Crippen LogP contribution in [0.3, 0.4) is 0 Å². The predicted molar refractivity (Wildman–Crippen MR) is 63.6 cm³/mol. The number of hydrogen-bond donors (Lipinski definition) is 3. The summed E-state index contributed by atoms with van der Waals surface area (Å²) in [5.41, 5.74) is 1.99. The zero-order chi connectivity index (χ0) is 13.1. The number of hydrazine groups is 1. The first-order valence-corrected chi connectivity index (χ1v) is 5.20. The molecule has 7 nitrogen and oxygen atoms in total. The maximum absolute atomic E-state index is 11.3. The van der Waals surface area contributed by atoms with Gasteiger partial charge in [0.15, 0.2) is 5.82 Å². The van der Waals surface area contributed by atoms with Crippen molar-refractivity contribution in [3.05, 3.63) is 35.1 Å².